The highest BCUT2D eigenvalue weighted by Gasteiger charge is 2.30. The van der Waals surface area contributed by atoms with Gasteiger partial charge < -0.3 is 25.4 Å². The Hall–Kier alpha value is -3.91. The Morgan fingerprint density at radius 3 is 2.90 bits per heavy atom. The van der Waals surface area contributed by atoms with Gasteiger partial charge in [-0.25, -0.2) is 0 Å². The molecule has 0 aliphatic carbocycles. The van der Waals surface area contributed by atoms with Crippen molar-refractivity contribution in [3.05, 3.63) is 50.2 Å². The van der Waals surface area contributed by atoms with Crippen LogP contribution >= 0.6 is 11.3 Å². The number of aromatic nitrogens is 2. The van der Waals surface area contributed by atoms with Crippen molar-refractivity contribution >= 4 is 39.8 Å². The number of aromatic hydroxyl groups is 1. The maximum absolute atomic E-state index is 13.1. The molecule has 4 N–H and O–H groups in total. The minimum Gasteiger partial charge on any atom is -0.506 e. The Morgan fingerprint density at radius 1 is 1.45 bits per heavy atom. The summed E-state index contributed by atoms with van der Waals surface area (Å²) >= 11 is 1.37. The van der Waals surface area contributed by atoms with E-state index in [1.54, 1.807) is 11.7 Å². The zero-order valence-corrected chi connectivity index (χ0v) is 15.5. The fraction of sp³-hybridized carbons (Fsp3) is 0.167. The molecule has 29 heavy (non-hydrogen) atoms. The van der Waals surface area contributed by atoms with Crippen LogP contribution < -0.4 is 16.2 Å². The zero-order chi connectivity index (χ0) is 20.7. The van der Waals surface area contributed by atoms with Crippen LogP contribution in [-0.2, 0) is 11.3 Å². The summed E-state index contributed by atoms with van der Waals surface area (Å²) in [5.74, 6) is -2.83. The van der Waals surface area contributed by atoms with Crippen LogP contribution in [0.25, 0.3) is 10.9 Å². The molecule has 146 valence electrons. The lowest BCUT2D eigenvalue weighted by molar-refractivity contribution is -0.135. The summed E-state index contributed by atoms with van der Waals surface area (Å²) in [7, 11) is 0. The average Bonchev–Trinajstić information content (AvgIpc) is 3.24. The normalized spacial score (nSPS) is 14.8. The molecule has 4 rings (SSSR count). The number of nitrogens with zero attached hydrogens (tertiary/aromatic N) is 3. The van der Waals surface area contributed by atoms with E-state index in [1.807, 2.05) is 0 Å². The molecule has 3 aromatic rings. The molecule has 1 aliphatic rings. The Morgan fingerprint density at radius 2 is 2.24 bits per heavy atom. The molecule has 1 unspecified atom stereocenters. The number of carbonyl (C=O) groups excluding carboxylic acids is 1. The number of carbonyl (C=O) groups is 2. The van der Waals surface area contributed by atoms with Crippen molar-refractivity contribution in [3.8, 4) is 11.8 Å². The van der Waals surface area contributed by atoms with Crippen molar-refractivity contribution in [2.24, 2.45) is 0 Å². The average molecular weight is 411 g/mol. The number of rotatable bonds is 4. The largest absolute Gasteiger partial charge is 0.506 e. The van der Waals surface area contributed by atoms with Gasteiger partial charge in [-0.2, -0.15) is 5.26 Å². The van der Waals surface area contributed by atoms with Gasteiger partial charge in [-0.1, -0.05) is 0 Å². The Labute approximate surface area is 166 Å². The molecule has 10 nitrogen and oxygen atoms in total. The van der Waals surface area contributed by atoms with Crippen LogP contribution in [0.5, 0.6) is 5.75 Å². The van der Waals surface area contributed by atoms with Crippen LogP contribution in [0.3, 0.4) is 0 Å². The second kappa shape index (κ2) is 6.92. The van der Waals surface area contributed by atoms with Gasteiger partial charge in [-0.3, -0.25) is 19.4 Å². The smallest absolute Gasteiger partial charge is 0.322 e. The van der Waals surface area contributed by atoms with Gasteiger partial charge in [-0.05, 0) is 12.1 Å². The monoisotopic (exact) mass is 411 g/mol. The van der Waals surface area contributed by atoms with E-state index >= 15 is 0 Å². The van der Waals surface area contributed by atoms with E-state index in [4.69, 9.17) is 5.11 Å². The van der Waals surface area contributed by atoms with Crippen LogP contribution in [-0.4, -0.2) is 38.2 Å². The second-order valence-corrected chi connectivity index (χ2v) is 7.23. The van der Waals surface area contributed by atoms with E-state index in [0.717, 1.165) is 4.88 Å². The van der Waals surface area contributed by atoms with Gasteiger partial charge in [0.15, 0.2) is 0 Å². The number of benzene rings is 1. The third-order valence-corrected chi connectivity index (χ3v) is 5.51. The summed E-state index contributed by atoms with van der Waals surface area (Å²) in [6, 6.07) is 4.62. The van der Waals surface area contributed by atoms with E-state index in [9.17, 15) is 24.8 Å². The lowest BCUT2D eigenvalue weighted by Crippen LogP contribution is -2.38. The van der Waals surface area contributed by atoms with Crippen molar-refractivity contribution in [1.29, 1.82) is 5.26 Å². The van der Waals surface area contributed by atoms with E-state index < -0.39 is 35.3 Å². The summed E-state index contributed by atoms with van der Waals surface area (Å²) in [6.45, 7) is -0.557. The molecule has 0 spiro atoms. The fourth-order valence-corrected chi connectivity index (χ4v) is 4.02. The molecule has 0 saturated carbocycles. The minimum absolute atomic E-state index is 0.138. The van der Waals surface area contributed by atoms with Crippen LogP contribution in [0.1, 0.15) is 26.8 Å². The molecule has 0 radical (unpaired) electrons. The first-order valence-electron chi connectivity index (χ1n) is 8.39. The minimum atomic E-state index is -1.28. The lowest BCUT2D eigenvalue weighted by Gasteiger charge is -2.29. The SMILES string of the molecule is N#Cc1ccc2c(O)c(C(=O)NCC(=O)O)c(=O)n3c2c1NC(c1cncs1)C3. The molecule has 11 heteroatoms. The number of carboxylic acid groups (broad SMARTS) is 1. The van der Waals surface area contributed by atoms with Crippen molar-refractivity contribution in [1.82, 2.24) is 14.9 Å². The predicted molar refractivity (Wildman–Crippen MR) is 103 cm³/mol. The molecule has 2 aromatic heterocycles. The van der Waals surface area contributed by atoms with Gasteiger partial charge in [-0.15, -0.1) is 11.3 Å². The van der Waals surface area contributed by atoms with Gasteiger partial charge in [0.2, 0.25) is 0 Å². The van der Waals surface area contributed by atoms with Gasteiger partial charge in [0.05, 0.1) is 34.9 Å². The van der Waals surface area contributed by atoms with E-state index in [-0.39, 0.29) is 23.5 Å². The lowest BCUT2D eigenvalue weighted by atomic mass is 10.0. The third-order valence-electron chi connectivity index (χ3n) is 4.63. The van der Waals surface area contributed by atoms with Gasteiger partial charge in [0, 0.05) is 16.5 Å². The summed E-state index contributed by atoms with van der Waals surface area (Å²) in [4.78, 5) is 41.1. The topological polar surface area (TPSA) is 157 Å². The van der Waals surface area contributed by atoms with Crippen molar-refractivity contribution < 1.29 is 19.8 Å². The van der Waals surface area contributed by atoms with Crippen LogP contribution in [0.2, 0.25) is 0 Å². The molecule has 0 bridgehead atoms. The first-order chi connectivity index (χ1) is 13.9. The van der Waals surface area contributed by atoms with Crippen LogP contribution in [0, 0.1) is 11.3 Å². The van der Waals surface area contributed by atoms with Gasteiger partial charge >= 0.3 is 5.97 Å². The highest BCUT2D eigenvalue weighted by Crippen LogP contribution is 2.39. The molecular weight excluding hydrogens is 398 g/mol. The quantitative estimate of drug-likeness (QED) is 0.495. The number of anilines is 1. The van der Waals surface area contributed by atoms with Crippen LogP contribution in [0.15, 0.2) is 28.6 Å². The molecule has 1 aliphatic heterocycles. The maximum Gasteiger partial charge on any atom is 0.322 e. The predicted octanol–water partition coefficient (Wildman–Crippen LogP) is 1.02. The number of nitrogens with one attached hydrogen (secondary N) is 2. The summed E-state index contributed by atoms with van der Waals surface area (Å²) < 4.78 is 1.32. The van der Waals surface area contributed by atoms with E-state index in [1.165, 1.54) is 28.0 Å². The van der Waals surface area contributed by atoms with E-state index in [0.29, 0.717) is 11.2 Å². The highest BCUT2D eigenvalue weighted by atomic mass is 32.1. The number of thiazole rings is 1. The molecule has 0 saturated heterocycles. The van der Waals surface area contributed by atoms with Crippen LogP contribution in [0.4, 0.5) is 5.69 Å². The number of pyridine rings is 1. The number of nitriles is 1. The first kappa shape index (κ1) is 18.5. The Kier molecular flexibility index (Phi) is 4.40. The number of carboxylic acids is 1. The maximum atomic E-state index is 13.1. The molecule has 1 amide bonds. The van der Waals surface area contributed by atoms with Gasteiger partial charge in [0.1, 0.15) is 23.9 Å². The molecule has 0 fully saturated rings. The molecular formula is C18H13N5O5S. The zero-order valence-electron chi connectivity index (χ0n) is 14.7. The second-order valence-electron chi connectivity index (χ2n) is 6.31. The van der Waals surface area contributed by atoms with E-state index in [2.05, 4.69) is 21.7 Å². The summed E-state index contributed by atoms with van der Waals surface area (Å²) in [5.41, 5.74) is 1.29. The summed E-state index contributed by atoms with van der Waals surface area (Å²) in [6.07, 6.45) is 1.64. The number of amides is 1. The number of hydrogen-bond donors (Lipinski definition) is 4. The van der Waals surface area contributed by atoms with Gasteiger partial charge in [0.25, 0.3) is 11.5 Å². The standard InChI is InChI=1S/C18H13N5O5S/c19-3-8-1-2-9-15-14(8)22-10(11-4-20-7-29-11)6-23(15)18(28)13(16(9)26)17(27)21-5-12(24)25/h1-2,4,7,10,22,26H,5-6H2,(H,21,27)(H,24,25). The highest BCUT2D eigenvalue weighted by molar-refractivity contribution is 7.09. The molecule has 1 atom stereocenters. The van der Waals surface area contributed by atoms with Crippen molar-refractivity contribution in [2.75, 3.05) is 11.9 Å². The molecule has 1 aromatic carbocycles. The fourth-order valence-electron chi connectivity index (χ4n) is 3.36. The molecule has 3 heterocycles. The van der Waals surface area contributed by atoms with Crippen molar-refractivity contribution in [3.63, 3.8) is 0 Å². The Bertz CT molecular complexity index is 1260. The summed E-state index contributed by atoms with van der Waals surface area (Å²) in [5, 5.41) is 34.4. The third kappa shape index (κ3) is 2.95. The Balaban J connectivity index is 1.96. The number of aliphatic carboxylic acids is 1. The first-order valence-corrected chi connectivity index (χ1v) is 9.27. The number of hydrogen-bond acceptors (Lipinski definition) is 8. The van der Waals surface area contributed by atoms with Crippen molar-refractivity contribution in [2.45, 2.75) is 12.6 Å².